The predicted octanol–water partition coefficient (Wildman–Crippen LogP) is 2.92. The summed E-state index contributed by atoms with van der Waals surface area (Å²) in [4.78, 5) is 13.4. The molecule has 1 atom stereocenters. The predicted molar refractivity (Wildman–Crippen MR) is 67.1 cm³/mol. The van der Waals surface area contributed by atoms with Crippen molar-refractivity contribution < 1.29 is 9.90 Å². The van der Waals surface area contributed by atoms with Crippen LogP contribution in [0.5, 0.6) is 0 Å². The molecule has 0 fully saturated rings. The van der Waals surface area contributed by atoms with Crippen LogP contribution in [0.2, 0.25) is 0 Å². The average Bonchev–Trinajstić information content (AvgIpc) is 2.55. The Labute approximate surface area is 102 Å². The minimum atomic E-state index is -0.845. The molecule has 1 aliphatic heterocycles. The molecule has 3 heteroatoms. The van der Waals surface area contributed by atoms with Crippen molar-refractivity contribution in [1.82, 2.24) is 4.90 Å². The minimum Gasteiger partial charge on any atom is -0.478 e. The summed E-state index contributed by atoms with van der Waals surface area (Å²) in [5.41, 5.74) is 2.83. The summed E-state index contributed by atoms with van der Waals surface area (Å²) in [7, 11) is 0. The van der Waals surface area contributed by atoms with Gasteiger partial charge in [-0.2, -0.15) is 0 Å². The Morgan fingerprint density at radius 2 is 2.24 bits per heavy atom. The molecule has 17 heavy (non-hydrogen) atoms. The van der Waals surface area contributed by atoms with E-state index in [9.17, 15) is 4.79 Å². The van der Waals surface area contributed by atoms with E-state index in [2.05, 4.69) is 25.7 Å². The van der Waals surface area contributed by atoms with Crippen molar-refractivity contribution in [2.75, 3.05) is 6.54 Å². The number of hydrogen-bond acceptors (Lipinski definition) is 2. The van der Waals surface area contributed by atoms with Gasteiger partial charge in [0, 0.05) is 19.1 Å². The van der Waals surface area contributed by atoms with Crippen molar-refractivity contribution >= 4 is 5.97 Å². The molecule has 0 saturated carbocycles. The van der Waals surface area contributed by atoms with Crippen molar-refractivity contribution in [1.29, 1.82) is 0 Å². The molecule has 1 aromatic carbocycles. The highest BCUT2D eigenvalue weighted by Gasteiger charge is 2.27. The maximum Gasteiger partial charge on any atom is 0.335 e. The first kappa shape index (κ1) is 12.1. The molecule has 3 nitrogen and oxygen atoms in total. The smallest absolute Gasteiger partial charge is 0.335 e. The van der Waals surface area contributed by atoms with Gasteiger partial charge in [0.15, 0.2) is 0 Å². The number of carbonyl (C=O) groups is 1. The second-order valence-electron chi connectivity index (χ2n) is 5.22. The lowest BCUT2D eigenvalue weighted by Crippen LogP contribution is -2.24. The van der Waals surface area contributed by atoms with E-state index in [0.29, 0.717) is 17.5 Å². The van der Waals surface area contributed by atoms with Crippen LogP contribution in [0.1, 0.15) is 48.3 Å². The Balaban J connectivity index is 2.26. The lowest BCUT2D eigenvalue weighted by molar-refractivity contribution is 0.0696. The number of carboxylic acid groups (broad SMARTS) is 1. The fourth-order valence-corrected chi connectivity index (χ4v) is 2.50. The number of hydrogen-bond donors (Lipinski definition) is 1. The number of aromatic carboxylic acids is 1. The van der Waals surface area contributed by atoms with Gasteiger partial charge in [-0.3, -0.25) is 4.90 Å². The van der Waals surface area contributed by atoms with Crippen molar-refractivity contribution in [2.45, 2.75) is 33.4 Å². The molecule has 0 radical (unpaired) electrons. The Morgan fingerprint density at radius 1 is 1.53 bits per heavy atom. The number of benzene rings is 1. The molecule has 1 heterocycles. The standard InChI is InChI=1S/C14H19NO2/c1-9(2)7-15-8-12-5-4-11(14(16)17)6-13(12)10(15)3/h4-6,9-10H,7-8H2,1-3H3,(H,16,17). The molecule has 1 N–H and O–H groups in total. The zero-order valence-corrected chi connectivity index (χ0v) is 10.6. The van der Waals surface area contributed by atoms with Gasteiger partial charge in [0.05, 0.1) is 5.56 Å². The van der Waals surface area contributed by atoms with Crippen LogP contribution >= 0.6 is 0 Å². The normalized spacial score (nSPS) is 19.6. The molecule has 1 aliphatic rings. The fraction of sp³-hybridized carbons (Fsp3) is 0.500. The Hall–Kier alpha value is -1.35. The second kappa shape index (κ2) is 4.49. The number of fused-ring (bicyclic) bond motifs is 1. The molecule has 0 amide bonds. The van der Waals surface area contributed by atoms with E-state index in [1.165, 1.54) is 11.1 Å². The van der Waals surface area contributed by atoms with E-state index >= 15 is 0 Å². The van der Waals surface area contributed by atoms with E-state index in [1.807, 2.05) is 12.1 Å². The van der Waals surface area contributed by atoms with Crippen LogP contribution in [0.4, 0.5) is 0 Å². The topological polar surface area (TPSA) is 40.5 Å². The molecule has 0 spiro atoms. The highest BCUT2D eigenvalue weighted by atomic mass is 16.4. The van der Waals surface area contributed by atoms with Crippen LogP contribution in [0.3, 0.4) is 0 Å². The van der Waals surface area contributed by atoms with Crippen LogP contribution in [0, 0.1) is 5.92 Å². The molecule has 0 saturated heterocycles. The number of carboxylic acids is 1. The maximum absolute atomic E-state index is 11.0. The molecule has 1 aromatic rings. The first-order valence-corrected chi connectivity index (χ1v) is 6.09. The lowest BCUT2D eigenvalue weighted by Gasteiger charge is -2.23. The summed E-state index contributed by atoms with van der Waals surface area (Å²) in [6, 6.07) is 5.80. The van der Waals surface area contributed by atoms with Gasteiger partial charge >= 0.3 is 5.97 Å². The van der Waals surface area contributed by atoms with Gasteiger partial charge in [-0.25, -0.2) is 4.79 Å². The molecule has 1 unspecified atom stereocenters. The largest absolute Gasteiger partial charge is 0.478 e. The Morgan fingerprint density at radius 3 is 2.82 bits per heavy atom. The van der Waals surface area contributed by atoms with E-state index < -0.39 is 5.97 Å². The van der Waals surface area contributed by atoms with Crippen molar-refractivity contribution in [3.8, 4) is 0 Å². The molecular weight excluding hydrogens is 214 g/mol. The van der Waals surface area contributed by atoms with Crippen molar-refractivity contribution in [3.63, 3.8) is 0 Å². The lowest BCUT2D eigenvalue weighted by atomic mass is 10.0. The quantitative estimate of drug-likeness (QED) is 0.872. The zero-order valence-electron chi connectivity index (χ0n) is 10.6. The summed E-state index contributed by atoms with van der Waals surface area (Å²) in [6.45, 7) is 8.56. The Kier molecular flexibility index (Phi) is 3.20. The van der Waals surface area contributed by atoms with Crippen molar-refractivity contribution in [3.05, 3.63) is 34.9 Å². The van der Waals surface area contributed by atoms with Crippen molar-refractivity contribution in [2.24, 2.45) is 5.92 Å². The van der Waals surface area contributed by atoms with Gasteiger partial charge in [0.2, 0.25) is 0 Å². The number of rotatable bonds is 3. The third-order valence-corrected chi connectivity index (χ3v) is 3.36. The van der Waals surface area contributed by atoms with Gasteiger partial charge < -0.3 is 5.11 Å². The van der Waals surface area contributed by atoms with E-state index in [0.717, 1.165) is 13.1 Å². The zero-order chi connectivity index (χ0) is 12.6. The molecule has 2 rings (SSSR count). The van der Waals surface area contributed by atoms with E-state index in [-0.39, 0.29) is 0 Å². The van der Waals surface area contributed by atoms with Crippen LogP contribution < -0.4 is 0 Å². The summed E-state index contributed by atoms with van der Waals surface area (Å²) in [5.74, 6) is -0.215. The van der Waals surface area contributed by atoms with Crippen LogP contribution in [0.25, 0.3) is 0 Å². The van der Waals surface area contributed by atoms with Gasteiger partial charge in [-0.05, 0) is 36.1 Å². The fourth-order valence-electron chi connectivity index (χ4n) is 2.50. The van der Waals surface area contributed by atoms with Crippen LogP contribution in [-0.2, 0) is 6.54 Å². The highest BCUT2D eigenvalue weighted by molar-refractivity contribution is 5.88. The summed E-state index contributed by atoms with van der Waals surface area (Å²) in [6.07, 6.45) is 0. The van der Waals surface area contributed by atoms with Gasteiger partial charge in [-0.15, -0.1) is 0 Å². The number of nitrogens with zero attached hydrogens (tertiary/aromatic N) is 1. The van der Waals surface area contributed by atoms with Crippen LogP contribution in [-0.4, -0.2) is 22.5 Å². The first-order chi connectivity index (χ1) is 7.99. The van der Waals surface area contributed by atoms with Gasteiger partial charge in [0.1, 0.15) is 0 Å². The molecular formula is C14H19NO2. The third-order valence-electron chi connectivity index (χ3n) is 3.36. The summed E-state index contributed by atoms with van der Waals surface area (Å²) < 4.78 is 0. The van der Waals surface area contributed by atoms with Gasteiger partial charge in [-0.1, -0.05) is 19.9 Å². The highest BCUT2D eigenvalue weighted by Crippen LogP contribution is 2.34. The summed E-state index contributed by atoms with van der Waals surface area (Å²) >= 11 is 0. The third kappa shape index (κ3) is 2.34. The SMILES string of the molecule is CC(C)CN1Cc2ccc(C(=O)O)cc2C1C. The molecule has 0 bridgehead atoms. The molecule has 0 aromatic heterocycles. The van der Waals surface area contributed by atoms with Crippen LogP contribution in [0.15, 0.2) is 18.2 Å². The summed E-state index contributed by atoms with van der Waals surface area (Å²) in [5, 5.41) is 9.00. The Bertz CT molecular complexity index is 440. The van der Waals surface area contributed by atoms with Gasteiger partial charge in [0.25, 0.3) is 0 Å². The minimum absolute atomic E-state index is 0.326. The maximum atomic E-state index is 11.0. The average molecular weight is 233 g/mol. The monoisotopic (exact) mass is 233 g/mol. The first-order valence-electron chi connectivity index (χ1n) is 6.09. The molecule has 0 aliphatic carbocycles. The second-order valence-corrected chi connectivity index (χ2v) is 5.22. The molecule has 92 valence electrons. The van der Waals surface area contributed by atoms with E-state index in [1.54, 1.807) is 6.07 Å². The van der Waals surface area contributed by atoms with E-state index in [4.69, 9.17) is 5.11 Å².